The van der Waals surface area contributed by atoms with Gasteiger partial charge in [0.05, 0.1) is 25.2 Å². The molecule has 2 rings (SSSR count). The average molecular weight is 262 g/mol. The summed E-state index contributed by atoms with van der Waals surface area (Å²) in [6.07, 6.45) is 1.60. The highest BCUT2D eigenvalue weighted by atomic mass is 16.5. The third-order valence-corrected chi connectivity index (χ3v) is 2.85. The maximum atomic E-state index is 9.73. The minimum atomic E-state index is -0.434. The van der Waals surface area contributed by atoms with Crippen LogP contribution in [0.5, 0.6) is 5.75 Å². The number of benzene rings is 1. The van der Waals surface area contributed by atoms with E-state index in [-0.39, 0.29) is 0 Å². The molecule has 0 amide bonds. The zero-order valence-corrected chi connectivity index (χ0v) is 11.2. The molecule has 1 unspecified atom stereocenters. The SMILES string of the molecule is CCCC(O)Cc1nc(-c2ccccc2OC)no1. The number of aliphatic hydroxyl groups excluding tert-OH is 1. The lowest BCUT2D eigenvalue weighted by atomic mass is 10.1. The van der Waals surface area contributed by atoms with E-state index in [4.69, 9.17) is 9.26 Å². The molecule has 0 bridgehead atoms. The van der Waals surface area contributed by atoms with E-state index in [0.29, 0.717) is 23.9 Å². The van der Waals surface area contributed by atoms with Gasteiger partial charge < -0.3 is 14.4 Å². The number of rotatable bonds is 6. The first-order chi connectivity index (χ1) is 9.24. The van der Waals surface area contributed by atoms with Gasteiger partial charge in [-0.05, 0) is 18.6 Å². The summed E-state index contributed by atoms with van der Waals surface area (Å²) in [7, 11) is 1.60. The van der Waals surface area contributed by atoms with Crippen molar-refractivity contribution in [2.75, 3.05) is 7.11 Å². The fourth-order valence-corrected chi connectivity index (χ4v) is 1.91. The zero-order chi connectivity index (χ0) is 13.7. The zero-order valence-electron chi connectivity index (χ0n) is 11.2. The van der Waals surface area contributed by atoms with Gasteiger partial charge in [0.1, 0.15) is 5.75 Å². The van der Waals surface area contributed by atoms with Crippen molar-refractivity contribution in [1.82, 2.24) is 10.1 Å². The third kappa shape index (κ3) is 3.32. The molecular weight excluding hydrogens is 244 g/mol. The lowest BCUT2D eigenvalue weighted by molar-refractivity contribution is 0.152. The molecule has 0 fully saturated rings. The second-order valence-corrected chi connectivity index (χ2v) is 4.36. The molecule has 2 aromatic rings. The summed E-state index contributed by atoms with van der Waals surface area (Å²) in [5.74, 6) is 1.63. The first-order valence-corrected chi connectivity index (χ1v) is 6.38. The Labute approximate surface area is 112 Å². The van der Waals surface area contributed by atoms with E-state index in [1.807, 2.05) is 31.2 Å². The van der Waals surface area contributed by atoms with Crippen LogP contribution < -0.4 is 4.74 Å². The van der Waals surface area contributed by atoms with Crippen LogP contribution in [0.1, 0.15) is 25.7 Å². The maximum Gasteiger partial charge on any atom is 0.229 e. The van der Waals surface area contributed by atoms with Crippen molar-refractivity contribution in [1.29, 1.82) is 0 Å². The first-order valence-electron chi connectivity index (χ1n) is 6.38. The van der Waals surface area contributed by atoms with Crippen LogP contribution in [0.15, 0.2) is 28.8 Å². The van der Waals surface area contributed by atoms with Gasteiger partial charge in [-0.25, -0.2) is 0 Å². The summed E-state index contributed by atoms with van der Waals surface area (Å²) >= 11 is 0. The van der Waals surface area contributed by atoms with Gasteiger partial charge in [-0.1, -0.05) is 30.6 Å². The van der Waals surface area contributed by atoms with Gasteiger partial charge in [-0.2, -0.15) is 4.98 Å². The molecule has 5 nitrogen and oxygen atoms in total. The molecule has 1 atom stereocenters. The number of aromatic nitrogens is 2. The van der Waals surface area contributed by atoms with Gasteiger partial charge in [-0.15, -0.1) is 0 Å². The fourth-order valence-electron chi connectivity index (χ4n) is 1.91. The van der Waals surface area contributed by atoms with E-state index < -0.39 is 6.10 Å². The summed E-state index contributed by atoms with van der Waals surface area (Å²) in [6, 6.07) is 7.49. The van der Waals surface area contributed by atoms with Crippen LogP contribution in [0.3, 0.4) is 0 Å². The van der Waals surface area contributed by atoms with Gasteiger partial charge in [0.15, 0.2) is 0 Å². The van der Waals surface area contributed by atoms with E-state index >= 15 is 0 Å². The minimum absolute atomic E-state index is 0.385. The molecule has 0 radical (unpaired) electrons. The predicted octanol–water partition coefficient (Wildman–Crippen LogP) is 2.45. The minimum Gasteiger partial charge on any atom is -0.496 e. The van der Waals surface area contributed by atoms with Crippen LogP contribution >= 0.6 is 0 Å². The number of hydrogen-bond donors (Lipinski definition) is 1. The number of para-hydroxylation sites is 1. The number of nitrogens with zero attached hydrogens (tertiary/aromatic N) is 2. The Morgan fingerprint density at radius 1 is 1.37 bits per heavy atom. The van der Waals surface area contributed by atoms with Crippen molar-refractivity contribution in [2.24, 2.45) is 0 Å². The summed E-state index contributed by atoms with van der Waals surface area (Å²) in [4.78, 5) is 4.29. The normalized spacial score (nSPS) is 12.4. The molecular formula is C14H18N2O3. The van der Waals surface area contributed by atoms with E-state index in [0.717, 1.165) is 18.4 Å². The summed E-state index contributed by atoms with van der Waals surface area (Å²) in [6.45, 7) is 2.03. The highest BCUT2D eigenvalue weighted by Gasteiger charge is 2.15. The van der Waals surface area contributed by atoms with Crippen molar-refractivity contribution in [3.8, 4) is 17.1 Å². The van der Waals surface area contributed by atoms with Crippen molar-refractivity contribution in [3.05, 3.63) is 30.2 Å². The quantitative estimate of drug-likeness (QED) is 0.866. The number of aliphatic hydroxyl groups is 1. The van der Waals surface area contributed by atoms with Crippen LogP contribution in [0.25, 0.3) is 11.4 Å². The van der Waals surface area contributed by atoms with E-state index in [9.17, 15) is 5.11 Å². The predicted molar refractivity (Wildman–Crippen MR) is 70.9 cm³/mol. The smallest absolute Gasteiger partial charge is 0.229 e. The second kappa shape index (κ2) is 6.33. The Hall–Kier alpha value is -1.88. The average Bonchev–Trinajstić information content (AvgIpc) is 2.87. The highest BCUT2D eigenvalue weighted by Crippen LogP contribution is 2.27. The number of methoxy groups -OCH3 is 1. The molecule has 0 saturated heterocycles. The molecule has 0 spiro atoms. The summed E-state index contributed by atoms with van der Waals surface area (Å²) < 4.78 is 10.4. The highest BCUT2D eigenvalue weighted by molar-refractivity contribution is 5.63. The van der Waals surface area contributed by atoms with Crippen LogP contribution in [0.4, 0.5) is 0 Å². The standard InChI is InChI=1S/C14H18N2O3/c1-3-6-10(17)9-13-15-14(16-19-13)11-7-4-5-8-12(11)18-2/h4-5,7-8,10,17H,3,6,9H2,1-2H3. The van der Waals surface area contributed by atoms with Gasteiger partial charge >= 0.3 is 0 Å². The Balaban J connectivity index is 2.16. The van der Waals surface area contributed by atoms with Crippen LogP contribution in [-0.2, 0) is 6.42 Å². The molecule has 0 aliphatic rings. The molecule has 0 saturated carbocycles. The van der Waals surface area contributed by atoms with E-state index in [1.165, 1.54) is 0 Å². The second-order valence-electron chi connectivity index (χ2n) is 4.36. The van der Waals surface area contributed by atoms with Crippen molar-refractivity contribution >= 4 is 0 Å². The largest absolute Gasteiger partial charge is 0.496 e. The summed E-state index contributed by atoms with van der Waals surface area (Å²) in [5, 5.41) is 13.7. The third-order valence-electron chi connectivity index (χ3n) is 2.85. The van der Waals surface area contributed by atoms with E-state index in [1.54, 1.807) is 7.11 Å². The summed E-state index contributed by atoms with van der Waals surface area (Å²) in [5.41, 5.74) is 0.782. The lowest BCUT2D eigenvalue weighted by Gasteiger charge is -2.04. The van der Waals surface area contributed by atoms with Crippen LogP contribution in [0, 0.1) is 0 Å². The number of ether oxygens (including phenoxy) is 1. The molecule has 5 heteroatoms. The first kappa shape index (κ1) is 13.5. The Bertz CT molecular complexity index is 525. The van der Waals surface area contributed by atoms with E-state index in [2.05, 4.69) is 10.1 Å². The molecule has 1 N–H and O–H groups in total. The molecule has 0 aliphatic carbocycles. The van der Waals surface area contributed by atoms with Crippen LogP contribution in [0.2, 0.25) is 0 Å². The molecule has 0 aliphatic heterocycles. The fraction of sp³-hybridized carbons (Fsp3) is 0.429. The molecule has 19 heavy (non-hydrogen) atoms. The molecule has 1 aromatic heterocycles. The topological polar surface area (TPSA) is 68.4 Å². The van der Waals surface area contributed by atoms with Gasteiger partial charge in [0, 0.05) is 0 Å². The Morgan fingerprint density at radius 3 is 2.89 bits per heavy atom. The number of hydrogen-bond acceptors (Lipinski definition) is 5. The van der Waals surface area contributed by atoms with Gasteiger partial charge in [0.25, 0.3) is 0 Å². The molecule has 1 heterocycles. The lowest BCUT2D eigenvalue weighted by Crippen LogP contribution is -2.09. The monoisotopic (exact) mass is 262 g/mol. The van der Waals surface area contributed by atoms with Gasteiger partial charge in [-0.3, -0.25) is 0 Å². The van der Waals surface area contributed by atoms with Gasteiger partial charge in [0.2, 0.25) is 11.7 Å². The van der Waals surface area contributed by atoms with Crippen molar-refractivity contribution < 1.29 is 14.4 Å². The van der Waals surface area contributed by atoms with Crippen molar-refractivity contribution in [2.45, 2.75) is 32.3 Å². The maximum absolute atomic E-state index is 9.73. The molecule has 102 valence electrons. The van der Waals surface area contributed by atoms with Crippen molar-refractivity contribution in [3.63, 3.8) is 0 Å². The Morgan fingerprint density at radius 2 is 2.16 bits per heavy atom. The van der Waals surface area contributed by atoms with Crippen LogP contribution in [-0.4, -0.2) is 28.5 Å². The Kier molecular flexibility index (Phi) is 4.52. The molecule has 1 aromatic carbocycles.